The molecule has 3 aromatic rings. The number of halogens is 1. The van der Waals surface area contributed by atoms with Gasteiger partial charge in [0.2, 0.25) is 0 Å². The summed E-state index contributed by atoms with van der Waals surface area (Å²) in [5.74, 6) is -0.634. The second-order valence-electron chi connectivity index (χ2n) is 9.73. The van der Waals surface area contributed by atoms with Gasteiger partial charge in [0.25, 0.3) is 5.69 Å². The van der Waals surface area contributed by atoms with Gasteiger partial charge < -0.3 is 4.74 Å². The number of hydrogen-bond donors (Lipinski definition) is 0. The van der Waals surface area contributed by atoms with Crippen molar-refractivity contribution in [1.29, 1.82) is 5.26 Å². The number of alkyl halides is 1. The molecule has 0 aromatic heterocycles. The molecule has 2 aliphatic rings. The van der Waals surface area contributed by atoms with Gasteiger partial charge in [-0.3, -0.25) is 19.8 Å². The van der Waals surface area contributed by atoms with Crippen LogP contribution in [0.3, 0.4) is 0 Å². The number of rotatable bonds is 6. The number of sulfone groups is 1. The number of nitrogens with zero attached hydrogens (tertiary/aromatic N) is 4. The van der Waals surface area contributed by atoms with Crippen LogP contribution in [0, 0.1) is 21.4 Å². The van der Waals surface area contributed by atoms with Crippen LogP contribution >= 0.6 is 0 Å². The molecular weight excluding hydrogens is 583 g/mol. The molecule has 0 spiro atoms. The first-order chi connectivity index (χ1) is 20.4. The first-order valence-corrected chi connectivity index (χ1v) is 14.6. The molecule has 1 aliphatic heterocycles. The van der Waals surface area contributed by atoms with E-state index >= 15 is 0 Å². The summed E-state index contributed by atoms with van der Waals surface area (Å²) >= 11 is 0. The number of carbonyl (C=O) groups is 3. The number of imide groups is 1. The summed E-state index contributed by atoms with van der Waals surface area (Å²) in [6.07, 6.45) is -0.404. The average molecular weight is 605 g/mol. The quantitative estimate of drug-likeness (QED) is 0.273. The van der Waals surface area contributed by atoms with Gasteiger partial charge in [-0.1, -0.05) is 18.2 Å². The maximum Gasteiger partial charge on any atom is 0.424 e. The van der Waals surface area contributed by atoms with E-state index in [-0.39, 0.29) is 62.8 Å². The Balaban J connectivity index is 1.73. The van der Waals surface area contributed by atoms with Gasteiger partial charge in [-0.25, -0.2) is 27.3 Å². The van der Waals surface area contributed by atoms with Gasteiger partial charge in [-0.05, 0) is 53.9 Å². The number of ketones is 1. The number of non-ortho nitro benzene ring substituents is 1. The number of nitro groups is 1. The Morgan fingerprint density at radius 1 is 1.12 bits per heavy atom. The SMILES string of the molecule is CS(=O)(=O)c1cc(C#N)ccc1[C@@H]1C2=C(CCC2=O)N(c2cccc(CF)c2)C(=O)N1C(=O)Oc1ccc([N+](=O)[O-])cc1. The van der Waals surface area contributed by atoms with Crippen LogP contribution in [0.5, 0.6) is 5.75 Å². The van der Waals surface area contributed by atoms with Crippen molar-refractivity contribution in [3.8, 4) is 11.8 Å². The highest BCUT2D eigenvalue weighted by Crippen LogP contribution is 2.46. The Hall–Kier alpha value is -5.42. The fourth-order valence-corrected chi connectivity index (χ4v) is 6.08. The van der Waals surface area contributed by atoms with Crippen molar-refractivity contribution < 1.29 is 36.9 Å². The molecule has 43 heavy (non-hydrogen) atoms. The van der Waals surface area contributed by atoms with Gasteiger partial charge in [0, 0.05) is 36.1 Å². The van der Waals surface area contributed by atoms with Crippen LogP contribution in [0.2, 0.25) is 0 Å². The zero-order valence-corrected chi connectivity index (χ0v) is 23.2. The minimum absolute atomic E-state index is 0.0112. The van der Waals surface area contributed by atoms with Crippen molar-refractivity contribution in [2.75, 3.05) is 11.2 Å². The fraction of sp³-hybridized carbons (Fsp3) is 0.172. The van der Waals surface area contributed by atoms with Crippen molar-refractivity contribution in [2.24, 2.45) is 0 Å². The lowest BCUT2D eigenvalue weighted by Crippen LogP contribution is -2.53. The highest BCUT2D eigenvalue weighted by molar-refractivity contribution is 7.90. The van der Waals surface area contributed by atoms with E-state index in [1.54, 1.807) is 0 Å². The fourth-order valence-electron chi connectivity index (χ4n) is 5.13. The number of hydrogen-bond acceptors (Lipinski definition) is 9. The van der Waals surface area contributed by atoms with Crippen molar-refractivity contribution in [2.45, 2.75) is 30.5 Å². The van der Waals surface area contributed by atoms with Gasteiger partial charge in [0.15, 0.2) is 15.6 Å². The third-order valence-corrected chi connectivity index (χ3v) is 8.16. The van der Waals surface area contributed by atoms with E-state index in [1.807, 2.05) is 6.07 Å². The van der Waals surface area contributed by atoms with E-state index in [4.69, 9.17) is 4.74 Å². The van der Waals surface area contributed by atoms with E-state index in [0.29, 0.717) is 4.90 Å². The van der Waals surface area contributed by atoms with Crippen molar-refractivity contribution in [3.63, 3.8) is 0 Å². The molecule has 5 rings (SSSR count). The number of nitriles is 1. The summed E-state index contributed by atoms with van der Waals surface area (Å²) in [7, 11) is -4.07. The van der Waals surface area contributed by atoms with Crippen molar-refractivity contribution in [1.82, 2.24) is 4.90 Å². The largest absolute Gasteiger partial charge is 0.424 e. The molecule has 0 saturated carbocycles. The molecule has 0 saturated heterocycles. The third kappa shape index (κ3) is 5.33. The second kappa shape index (κ2) is 11.1. The first kappa shape index (κ1) is 29.1. The normalized spacial score (nSPS) is 16.6. The Morgan fingerprint density at radius 2 is 1.84 bits per heavy atom. The Bertz CT molecular complexity index is 1880. The minimum Gasteiger partial charge on any atom is -0.410 e. The lowest BCUT2D eigenvalue weighted by atomic mass is 9.92. The van der Waals surface area contributed by atoms with E-state index in [2.05, 4.69) is 0 Å². The number of nitro benzene ring substituents is 1. The first-order valence-electron chi connectivity index (χ1n) is 12.7. The molecule has 218 valence electrons. The summed E-state index contributed by atoms with van der Waals surface area (Å²) in [4.78, 5) is 53.1. The van der Waals surface area contributed by atoms with Gasteiger partial charge in [0.1, 0.15) is 18.5 Å². The monoisotopic (exact) mass is 604 g/mol. The molecule has 3 aromatic carbocycles. The second-order valence-corrected chi connectivity index (χ2v) is 11.7. The molecule has 0 N–H and O–H groups in total. The summed E-state index contributed by atoms with van der Waals surface area (Å²) < 4.78 is 44.8. The Morgan fingerprint density at radius 3 is 2.47 bits per heavy atom. The molecule has 0 fully saturated rings. The van der Waals surface area contributed by atoms with Crippen LogP contribution < -0.4 is 9.64 Å². The third-order valence-electron chi connectivity index (χ3n) is 7.01. The maximum absolute atomic E-state index is 14.2. The lowest BCUT2D eigenvalue weighted by Gasteiger charge is -2.40. The predicted octanol–water partition coefficient (Wildman–Crippen LogP) is 5.14. The molecule has 14 heteroatoms. The van der Waals surface area contributed by atoms with Crippen LogP contribution in [0.15, 0.2) is 82.9 Å². The molecule has 1 heterocycles. The van der Waals surface area contributed by atoms with Crippen LogP contribution in [-0.4, -0.2) is 42.4 Å². The van der Waals surface area contributed by atoms with E-state index in [0.717, 1.165) is 41.5 Å². The number of allylic oxidation sites excluding steroid dienone is 1. The molecule has 1 aliphatic carbocycles. The molecule has 3 amide bonds. The highest BCUT2D eigenvalue weighted by Gasteiger charge is 2.50. The maximum atomic E-state index is 14.2. The standard InChI is InChI=1S/C29H21FN4O8S/c1-43(40,41)25-14-18(16-31)5-10-22(25)27-26-23(11-12-24(26)35)32(20-4-2-3-17(13-20)15-30)28(36)33(27)29(37)42-21-8-6-19(7-9-21)34(38)39/h2-10,13-14,27H,11-12,15H2,1H3/t27-/m1/s1. The zero-order valence-electron chi connectivity index (χ0n) is 22.4. The van der Waals surface area contributed by atoms with E-state index in [1.165, 1.54) is 36.4 Å². The van der Waals surface area contributed by atoms with Crippen LogP contribution in [0.1, 0.15) is 35.6 Å². The van der Waals surface area contributed by atoms with E-state index < -0.39 is 45.4 Å². The zero-order chi connectivity index (χ0) is 31.1. The summed E-state index contributed by atoms with van der Waals surface area (Å²) in [5.41, 5.74) is 0.146. The Kier molecular flexibility index (Phi) is 7.51. The van der Waals surface area contributed by atoms with Crippen LogP contribution in [0.4, 0.5) is 25.4 Å². The minimum atomic E-state index is -4.07. The predicted molar refractivity (Wildman–Crippen MR) is 148 cm³/mol. The van der Waals surface area contributed by atoms with Crippen LogP contribution in [-0.2, 0) is 21.3 Å². The molecule has 0 unspecified atom stereocenters. The van der Waals surface area contributed by atoms with Gasteiger partial charge in [-0.2, -0.15) is 5.26 Å². The summed E-state index contributed by atoms with van der Waals surface area (Å²) in [6, 6.07) is 13.2. The number of ether oxygens (including phenoxy) is 1. The molecule has 0 bridgehead atoms. The molecule has 1 atom stereocenters. The van der Waals surface area contributed by atoms with Gasteiger partial charge in [-0.15, -0.1) is 0 Å². The number of carbonyl (C=O) groups excluding carboxylic acids is 3. The van der Waals surface area contributed by atoms with Crippen molar-refractivity contribution >= 4 is 39.1 Å². The number of anilines is 1. The molecule has 12 nitrogen and oxygen atoms in total. The van der Waals surface area contributed by atoms with Gasteiger partial charge in [0.05, 0.1) is 27.1 Å². The topological polar surface area (TPSA) is 168 Å². The van der Waals surface area contributed by atoms with Crippen LogP contribution in [0.25, 0.3) is 0 Å². The average Bonchev–Trinajstić information content (AvgIpc) is 3.36. The summed E-state index contributed by atoms with van der Waals surface area (Å²) in [6.45, 7) is -0.849. The number of benzene rings is 3. The van der Waals surface area contributed by atoms with Gasteiger partial charge >= 0.3 is 12.1 Å². The van der Waals surface area contributed by atoms with Crippen molar-refractivity contribution in [3.05, 3.63) is 105 Å². The smallest absolute Gasteiger partial charge is 0.410 e. The number of amides is 3. The molecular formula is C29H21FN4O8S. The number of urea groups is 1. The Labute approximate surface area is 244 Å². The molecule has 0 radical (unpaired) electrons. The lowest BCUT2D eigenvalue weighted by molar-refractivity contribution is -0.384. The van der Waals surface area contributed by atoms with E-state index in [9.17, 15) is 42.6 Å². The highest BCUT2D eigenvalue weighted by atomic mass is 32.2. The summed E-state index contributed by atoms with van der Waals surface area (Å²) in [5, 5.41) is 20.4. The number of Topliss-reactive ketones (excluding diaryl/α,β-unsaturated/α-hetero) is 1.